The third-order valence-electron chi connectivity index (χ3n) is 1.99. The predicted molar refractivity (Wildman–Crippen MR) is 37.4 cm³/mol. The van der Waals surface area contributed by atoms with Crippen LogP contribution >= 0.6 is 0 Å². The molecule has 0 aromatic rings. The summed E-state index contributed by atoms with van der Waals surface area (Å²) in [5.74, 6) is -3.05. The lowest BCUT2D eigenvalue weighted by Gasteiger charge is -2.38. The fraction of sp³-hybridized carbons (Fsp3) is 0.571. The van der Waals surface area contributed by atoms with Crippen molar-refractivity contribution in [3.63, 3.8) is 0 Å². The van der Waals surface area contributed by atoms with Crippen molar-refractivity contribution in [2.45, 2.75) is 18.5 Å². The number of carboxylic acid groups (broad SMARTS) is 1. The highest BCUT2D eigenvalue weighted by molar-refractivity contribution is 5.88. The highest BCUT2D eigenvalue weighted by atomic mass is 19.4. The van der Waals surface area contributed by atoms with Crippen LogP contribution in [0.15, 0.2) is 12.2 Å². The first-order chi connectivity index (χ1) is 7.60. The van der Waals surface area contributed by atoms with Crippen molar-refractivity contribution in [2.24, 2.45) is 5.41 Å². The highest BCUT2D eigenvalue weighted by Gasteiger charge is 2.85. The van der Waals surface area contributed by atoms with E-state index in [9.17, 15) is 44.3 Å². The van der Waals surface area contributed by atoms with Crippen molar-refractivity contribution >= 4 is 5.97 Å². The van der Waals surface area contributed by atoms with Gasteiger partial charge in [0.25, 0.3) is 5.41 Å². The Morgan fingerprint density at radius 3 is 1.06 bits per heavy atom. The summed E-state index contributed by atoms with van der Waals surface area (Å²) in [6, 6.07) is 0. The molecular weight excluding hydrogens is 287 g/mol. The Kier molecular flexibility index (Phi) is 3.73. The maximum absolute atomic E-state index is 12.2. The summed E-state index contributed by atoms with van der Waals surface area (Å²) in [5.41, 5.74) is -9.56. The quantitative estimate of drug-likeness (QED) is 0.626. The minimum Gasteiger partial charge on any atom is -0.478 e. The summed E-state index contributed by atoms with van der Waals surface area (Å²) in [6.45, 7) is 1.77. The van der Waals surface area contributed by atoms with Crippen LogP contribution in [0.5, 0.6) is 0 Å². The van der Waals surface area contributed by atoms with Gasteiger partial charge in [0, 0.05) is 0 Å². The fourth-order valence-corrected chi connectivity index (χ4v) is 1.16. The first kappa shape index (κ1) is 16.6. The average Bonchev–Trinajstić information content (AvgIpc) is 1.94. The number of hydrogen-bond donors (Lipinski definition) is 1. The smallest absolute Gasteiger partial charge is 0.416 e. The first-order valence-corrected chi connectivity index (χ1v) is 3.73. The Labute approximate surface area is 92.7 Å². The Hall–Kier alpha value is -1.42. The third kappa shape index (κ3) is 2.12. The molecule has 0 spiro atoms. The molecule has 0 aliphatic carbocycles. The molecule has 106 valence electrons. The first-order valence-electron chi connectivity index (χ1n) is 3.73. The van der Waals surface area contributed by atoms with Crippen LogP contribution in [-0.2, 0) is 4.79 Å². The van der Waals surface area contributed by atoms with Crippen molar-refractivity contribution in [1.29, 1.82) is 0 Å². The maximum Gasteiger partial charge on any atom is 0.416 e. The number of hydrogen-bond acceptors (Lipinski definition) is 1. The predicted octanol–water partition coefficient (Wildman–Crippen LogP) is 3.30. The molecule has 0 aliphatic rings. The van der Waals surface area contributed by atoms with Crippen molar-refractivity contribution in [2.75, 3.05) is 0 Å². The van der Waals surface area contributed by atoms with E-state index in [1.165, 1.54) is 0 Å². The van der Waals surface area contributed by atoms with Gasteiger partial charge < -0.3 is 5.11 Å². The number of rotatable bonds is 2. The summed E-state index contributed by atoms with van der Waals surface area (Å²) in [6.07, 6.45) is -20.8. The summed E-state index contributed by atoms with van der Waals surface area (Å²) < 4.78 is 110. The van der Waals surface area contributed by atoms with Gasteiger partial charge in [0.1, 0.15) is 0 Å². The van der Waals surface area contributed by atoms with Gasteiger partial charge in [-0.15, -0.1) is 0 Å². The van der Waals surface area contributed by atoms with E-state index in [-0.39, 0.29) is 0 Å². The van der Waals surface area contributed by atoms with Gasteiger partial charge in [-0.05, 0) is 0 Å². The van der Waals surface area contributed by atoms with Gasteiger partial charge in [-0.3, -0.25) is 0 Å². The van der Waals surface area contributed by atoms with Gasteiger partial charge in [-0.2, -0.15) is 39.5 Å². The zero-order valence-electron chi connectivity index (χ0n) is 7.96. The van der Waals surface area contributed by atoms with Gasteiger partial charge in [0.05, 0.1) is 5.57 Å². The summed E-state index contributed by atoms with van der Waals surface area (Å²) in [4.78, 5) is 10.1. The van der Waals surface area contributed by atoms with Crippen LogP contribution in [-0.4, -0.2) is 29.6 Å². The second kappa shape index (κ2) is 4.05. The van der Waals surface area contributed by atoms with E-state index in [0.29, 0.717) is 0 Å². The largest absolute Gasteiger partial charge is 0.478 e. The topological polar surface area (TPSA) is 37.3 Å². The van der Waals surface area contributed by atoms with Crippen LogP contribution in [0.3, 0.4) is 0 Å². The SMILES string of the molecule is C=C(C(=O)O)C(C(F)(F)F)(C(F)(F)F)C(F)(F)F. The Bertz CT molecular complexity index is 323. The molecule has 0 aromatic heterocycles. The van der Waals surface area contributed by atoms with E-state index in [2.05, 4.69) is 0 Å². The maximum atomic E-state index is 12.2. The molecule has 0 heterocycles. The van der Waals surface area contributed by atoms with Crippen LogP contribution in [0, 0.1) is 5.41 Å². The molecule has 0 saturated heterocycles. The molecule has 1 N–H and O–H groups in total. The molecule has 0 amide bonds. The summed E-state index contributed by atoms with van der Waals surface area (Å²) in [7, 11) is 0. The lowest BCUT2D eigenvalue weighted by atomic mass is 9.78. The molecular formula is C7H3F9O2. The van der Waals surface area contributed by atoms with Crippen molar-refractivity contribution in [1.82, 2.24) is 0 Å². The second-order valence-electron chi connectivity index (χ2n) is 3.03. The number of alkyl halides is 9. The zero-order valence-corrected chi connectivity index (χ0v) is 7.96. The van der Waals surface area contributed by atoms with Gasteiger partial charge in [0.2, 0.25) is 0 Å². The summed E-state index contributed by atoms with van der Waals surface area (Å²) >= 11 is 0. The van der Waals surface area contributed by atoms with Crippen LogP contribution < -0.4 is 0 Å². The average molecular weight is 290 g/mol. The Balaban J connectivity index is 6.46. The van der Waals surface area contributed by atoms with Crippen LogP contribution in [0.1, 0.15) is 0 Å². The number of carboxylic acids is 1. The minimum atomic E-state index is -6.95. The number of aliphatic carboxylic acids is 1. The van der Waals surface area contributed by atoms with E-state index >= 15 is 0 Å². The van der Waals surface area contributed by atoms with Crippen molar-refractivity contribution in [3.8, 4) is 0 Å². The standard InChI is InChI=1S/C7H3F9O2/c1-2(3(17)18)4(5(8,9)10,6(11,12)13)7(14,15)16/h1H2,(H,17,18). The molecule has 2 nitrogen and oxygen atoms in total. The molecule has 0 bridgehead atoms. The summed E-state index contributed by atoms with van der Waals surface area (Å²) in [5, 5.41) is 8.01. The molecule has 0 aliphatic heterocycles. The monoisotopic (exact) mass is 290 g/mol. The van der Waals surface area contributed by atoms with E-state index in [1.807, 2.05) is 0 Å². The normalized spacial score (nSPS) is 14.5. The van der Waals surface area contributed by atoms with Crippen LogP contribution in [0.4, 0.5) is 39.5 Å². The number of carbonyl (C=O) groups is 1. The van der Waals surface area contributed by atoms with E-state index in [0.717, 1.165) is 0 Å². The molecule has 11 heteroatoms. The highest BCUT2D eigenvalue weighted by Crippen LogP contribution is 2.62. The molecule has 0 rings (SSSR count). The van der Waals surface area contributed by atoms with E-state index in [1.54, 1.807) is 6.58 Å². The van der Waals surface area contributed by atoms with Gasteiger partial charge in [-0.25, -0.2) is 4.79 Å². The zero-order chi connectivity index (χ0) is 15.2. The van der Waals surface area contributed by atoms with Crippen LogP contribution in [0.2, 0.25) is 0 Å². The molecule has 18 heavy (non-hydrogen) atoms. The van der Waals surface area contributed by atoms with E-state index in [4.69, 9.17) is 5.11 Å². The second-order valence-corrected chi connectivity index (χ2v) is 3.03. The van der Waals surface area contributed by atoms with Gasteiger partial charge in [-0.1, -0.05) is 6.58 Å². The Morgan fingerprint density at radius 1 is 0.778 bits per heavy atom. The van der Waals surface area contributed by atoms with Crippen molar-refractivity contribution < 1.29 is 49.4 Å². The van der Waals surface area contributed by atoms with Crippen LogP contribution in [0.25, 0.3) is 0 Å². The van der Waals surface area contributed by atoms with E-state index < -0.39 is 35.5 Å². The minimum absolute atomic E-state index is 1.77. The molecule has 0 aromatic carbocycles. The third-order valence-corrected chi connectivity index (χ3v) is 1.99. The molecule has 0 unspecified atom stereocenters. The lowest BCUT2D eigenvalue weighted by Crippen LogP contribution is -2.61. The molecule has 0 radical (unpaired) electrons. The lowest BCUT2D eigenvalue weighted by molar-refractivity contribution is -0.410. The fourth-order valence-electron chi connectivity index (χ4n) is 1.16. The van der Waals surface area contributed by atoms with Gasteiger partial charge in [0.15, 0.2) is 0 Å². The van der Waals surface area contributed by atoms with Crippen molar-refractivity contribution in [3.05, 3.63) is 12.2 Å². The number of halogens is 9. The molecule has 0 saturated carbocycles. The van der Waals surface area contributed by atoms with Gasteiger partial charge >= 0.3 is 24.5 Å². The molecule has 0 atom stereocenters. The Morgan fingerprint density at radius 2 is 1.00 bits per heavy atom. The molecule has 0 fully saturated rings.